The molecule has 84 valence electrons. The predicted octanol–water partition coefficient (Wildman–Crippen LogP) is 3.86. The van der Waals surface area contributed by atoms with Crippen LogP contribution in [0.2, 0.25) is 0 Å². The largest absolute Gasteiger partial charge is 0.258 e. The molecule has 0 atom stereocenters. The van der Waals surface area contributed by atoms with E-state index in [1.807, 2.05) is 6.92 Å². The van der Waals surface area contributed by atoms with Crippen molar-refractivity contribution in [3.8, 4) is 0 Å². The fourth-order valence-corrected chi connectivity index (χ4v) is 1.72. The number of hydrogen-bond acceptors (Lipinski definition) is 1. The summed E-state index contributed by atoms with van der Waals surface area (Å²) in [6, 6.07) is 4.04. The Morgan fingerprint density at radius 1 is 1.25 bits per heavy atom. The average molecular weight is 221 g/mol. The van der Waals surface area contributed by atoms with Crippen LogP contribution in [0.1, 0.15) is 25.5 Å². The molecule has 0 saturated heterocycles. The molecular formula is C13H13F2N. The van der Waals surface area contributed by atoms with Crippen LogP contribution in [0.5, 0.6) is 0 Å². The molecule has 1 aromatic carbocycles. The minimum Gasteiger partial charge on any atom is -0.258 e. The zero-order valence-electron chi connectivity index (χ0n) is 9.13. The van der Waals surface area contributed by atoms with Crippen LogP contribution in [0.15, 0.2) is 24.4 Å². The van der Waals surface area contributed by atoms with Gasteiger partial charge in [0.15, 0.2) is 5.82 Å². The minimum absolute atomic E-state index is 0.314. The van der Waals surface area contributed by atoms with Gasteiger partial charge in [-0.3, -0.25) is 4.98 Å². The van der Waals surface area contributed by atoms with Crippen molar-refractivity contribution in [1.82, 2.24) is 4.98 Å². The molecule has 0 amide bonds. The summed E-state index contributed by atoms with van der Waals surface area (Å²) in [5.74, 6) is -0.680. The van der Waals surface area contributed by atoms with Crippen molar-refractivity contribution < 1.29 is 8.78 Å². The van der Waals surface area contributed by atoms with Gasteiger partial charge in [-0.2, -0.15) is 0 Å². The number of pyridine rings is 1. The van der Waals surface area contributed by atoms with E-state index >= 15 is 0 Å². The first kappa shape index (κ1) is 11.0. The lowest BCUT2D eigenvalue weighted by molar-refractivity contribution is 0.601. The van der Waals surface area contributed by atoms with Crippen molar-refractivity contribution in [2.45, 2.75) is 26.2 Å². The molecule has 0 fully saturated rings. The van der Waals surface area contributed by atoms with Crippen molar-refractivity contribution in [2.75, 3.05) is 0 Å². The lowest BCUT2D eigenvalue weighted by Crippen LogP contribution is -1.96. The van der Waals surface area contributed by atoms with Crippen LogP contribution in [0.4, 0.5) is 8.78 Å². The molecule has 3 heteroatoms. The summed E-state index contributed by atoms with van der Waals surface area (Å²) >= 11 is 0. The van der Waals surface area contributed by atoms with Gasteiger partial charge < -0.3 is 0 Å². The van der Waals surface area contributed by atoms with Crippen molar-refractivity contribution in [3.63, 3.8) is 0 Å². The highest BCUT2D eigenvalue weighted by Gasteiger charge is 2.08. The molecule has 0 unspecified atom stereocenters. The maximum atomic E-state index is 13.9. The fraction of sp³-hybridized carbons (Fsp3) is 0.308. The number of aromatic nitrogens is 1. The van der Waals surface area contributed by atoms with Gasteiger partial charge in [0.25, 0.3) is 0 Å². The standard InChI is InChI=1S/C13H13F2N/c1-2-3-4-12-13(15)11-6-5-10(14)7-9(11)8-16-12/h5-8H,2-4H2,1H3. The second kappa shape index (κ2) is 4.56. The number of rotatable bonds is 3. The van der Waals surface area contributed by atoms with Gasteiger partial charge in [-0.1, -0.05) is 13.3 Å². The number of nitrogens with zero attached hydrogens (tertiary/aromatic N) is 1. The van der Waals surface area contributed by atoms with E-state index < -0.39 is 0 Å². The maximum absolute atomic E-state index is 13.9. The number of aryl methyl sites for hydroxylation is 1. The number of hydrogen-bond donors (Lipinski definition) is 0. The van der Waals surface area contributed by atoms with Gasteiger partial charge in [0.2, 0.25) is 0 Å². The fourth-order valence-electron chi connectivity index (χ4n) is 1.72. The molecule has 1 nitrogen and oxygen atoms in total. The van der Waals surface area contributed by atoms with E-state index in [1.165, 1.54) is 24.4 Å². The molecular weight excluding hydrogens is 208 g/mol. The monoisotopic (exact) mass is 221 g/mol. The third-order valence-electron chi connectivity index (χ3n) is 2.63. The molecule has 1 aromatic heterocycles. The van der Waals surface area contributed by atoms with Crippen molar-refractivity contribution >= 4 is 10.8 Å². The minimum atomic E-state index is -0.366. The van der Waals surface area contributed by atoms with E-state index in [4.69, 9.17) is 0 Å². The second-order valence-electron chi connectivity index (χ2n) is 3.85. The maximum Gasteiger partial charge on any atom is 0.152 e. The SMILES string of the molecule is CCCCc1ncc2cc(F)ccc2c1F. The van der Waals surface area contributed by atoms with Gasteiger partial charge in [-0.05, 0) is 31.0 Å². The Balaban J connectivity index is 2.48. The van der Waals surface area contributed by atoms with Gasteiger partial charge >= 0.3 is 0 Å². The van der Waals surface area contributed by atoms with Crippen molar-refractivity contribution in [3.05, 3.63) is 41.7 Å². The smallest absolute Gasteiger partial charge is 0.152 e. The van der Waals surface area contributed by atoms with E-state index in [0.717, 1.165) is 12.8 Å². The van der Waals surface area contributed by atoms with Crippen LogP contribution in [-0.4, -0.2) is 4.98 Å². The van der Waals surface area contributed by atoms with E-state index in [2.05, 4.69) is 4.98 Å². The first-order valence-electron chi connectivity index (χ1n) is 5.45. The molecule has 0 aliphatic heterocycles. The highest BCUT2D eigenvalue weighted by molar-refractivity contribution is 5.82. The summed E-state index contributed by atoms with van der Waals surface area (Å²) in [6.07, 6.45) is 4.08. The molecule has 1 heterocycles. The van der Waals surface area contributed by atoms with Crippen LogP contribution in [0, 0.1) is 11.6 Å². The van der Waals surface area contributed by atoms with Crippen molar-refractivity contribution in [2.24, 2.45) is 0 Å². The van der Waals surface area contributed by atoms with E-state index in [1.54, 1.807) is 0 Å². The topological polar surface area (TPSA) is 12.9 Å². The highest BCUT2D eigenvalue weighted by atomic mass is 19.1. The number of benzene rings is 1. The zero-order valence-corrected chi connectivity index (χ0v) is 9.13. The van der Waals surface area contributed by atoms with Crippen LogP contribution in [-0.2, 0) is 6.42 Å². The summed E-state index contributed by atoms with van der Waals surface area (Å²) in [7, 11) is 0. The Hall–Kier alpha value is -1.51. The third kappa shape index (κ3) is 2.03. The van der Waals surface area contributed by atoms with E-state index in [0.29, 0.717) is 22.9 Å². The quantitative estimate of drug-likeness (QED) is 0.767. The number of halogens is 2. The second-order valence-corrected chi connectivity index (χ2v) is 3.85. The summed E-state index contributed by atoms with van der Waals surface area (Å²) < 4.78 is 26.9. The molecule has 0 bridgehead atoms. The van der Waals surface area contributed by atoms with Crippen LogP contribution < -0.4 is 0 Å². The van der Waals surface area contributed by atoms with Crippen LogP contribution in [0.25, 0.3) is 10.8 Å². The Bertz CT molecular complexity index is 509. The number of fused-ring (bicyclic) bond motifs is 1. The first-order valence-corrected chi connectivity index (χ1v) is 5.45. The predicted molar refractivity (Wildman–Crippen MR) is 60.3 cm³/mol. The van der Waals surface area contributed by atoms with Crippen LogP contribution >= 0.6 is 0 Å². The summed E-state index contributed by atoms with van der Waals surface area (Å²) in [5, 5.41) is 0.959. The molecule has 2 aromatic rings. The van der Waals surface area contributed by atoms with Gasteiger partial charge in [0, 0.05) is 17.0 Å². The highest BCUT2D eigenvalue weighted by Crippen LogP contribution is 2.21. The third-order valence-corrected chi connectivity index (χ3v) is 2.63. The zero-order chi connectivity index (χ0) is 11.5. The molecule has 2 rings (SSSR count). The average Bonchev–Trinajstić information content (AvgIpc) is 2.28. The molecule has 0 spiro atoms. The lowest BCUT2D eigenvalue weighted by Gasteiger charge is -2.05. The first-order chi connectivity index (χ1) is 7.72. The molecule has 0 aliphatic rings. The van der Waals surface area contributed by atoms with Gasteiger partial charge in [0.1, 0.15) is 5.82 Å². The lowest BCUT2D eigenvalue weighted by atomic mass is 10.1. The number of unbranched alkanes of at least 4 members (excludes halogenated alkanes) is 1. The Labute approximate surface area is 93.1 Å². The Kier molecular flexibility index (Phi) is 3.13. The molecule has 0 radical (unpaired) electrons. The molecule has 0 saturated carbocycles. The summed E-state index contributed by atoms with van der Waals surface area (Å²) in [6.45, 7) is 2.05. The molecule has 16 heavy (non-hydrogen) atoms. The summed E-state index contributed by atoms with van der Waals surface area (Å²) in [5.41, 5.74) is 0.473. The summed E-state index contributed by atoms with van der Waals surface area (Å²) in [4.78, 5) is 4.04. The molecule has 0 aliphatic carbocycles. The van der Waals surface area contributed by atoms with Crippen molar-refractivity contribution in [1.29, 1.82) is 0 Å². The normalized spacial score (nSPS) is 10.9. The van der Waals surface area contributed by atoms with Gasteiger partial charge in [-0.25, -0.2) is 8.78 Å². The molecule has 0 N–H and O–H groups in total. The van der Waals surface area contributed by atoms with E-state index in [9.17, 15) is 8.78 Å². The van der Waals surface area contributed by atoms with Crippen LogP contribution in [0.3, 0.4) is 0 Å². The Morgan fingerprint density at radius 2 is 2.06 bits per heavy atom. The van der Waals surface area contributed by atoms with Gasteiger partial charge in [-0.15, -0.1) is 0 Å². The van der Waals surface area contributed by atoms with E-state index in [-0.39, 0.29) is 11.6 Å². The Morgan fingerprint density at radius 3 is 2.81 bits per heavy atom. The van der Waals surface area contributed by atoms with Gasteiger partial charge in [0.05, 0.1) is 5.69 Å².